The molecule has 1 aromatic heterocycles. The van der Waals surface area contributed by atoms with Gasteiger partial charge in [-0.1, -0.05) is 103 Å². The Morgan fingerprint density at radius 2 is 1.30 bits per heavy atom. The largest absolute Gasteiger partial charge is 0.272 e. The fourth-order valence-electron chi connectivity index (χ4n) is 3.74. The third kappa shape index (κ3) is 4.55. The average Bonchev–Trinajstić information content (AvgIpc) is 2.89. The lowest BCUT2D eigenvalue weighted by Gasteiger charge is -2.09. The summed E-state index contributed by atoms with van der Waals surface area (Å²) in [7, 11) is 0. The molecule has 1 heterocycles. The van der Waals surface area contributed by atoms with Crippen LogP contribution >= 0.6 is 0 Å². The molecule has 158 valence electrons. The van der Waals surface area contributed by atoms with Gasteiger partial charge < -0.3 is 0 Å². The number of para-hydroxylation sites is 1. The summed E-state index contributed by atoms with van der Waals surface area (Å²) in [6.45, 7) is 0. The predicted octanol–water partition coefficient (Wildman–Crippen LogP) is 6.33. The molecule has 0 fully saturated rings. The summed E-state index contributed by atoms with van der Waals surface area (Å²) in [5, 5.41) is 4.97. The summed E-state index contributed by atoms with van der Waals surface area (Å²) in [5.41, 5.74) is 8.88. The minimum Gasteiger partial charge on any atom is -0.267 e. The Labute approximate surface area is 192 Å². The number of benzene rings is 4. The smallest absolute Gasteiger partial charge is 0.267 e. The molecule has 1 amide bonds. The van der Waals surface area contributed by atoms with Crippen LogP contribution in [0.25, 0.3) is 33.3 Å². The van der Waals surface area contributed by atoms with Crippen LogP contribution in [0.1, 0.15) is 15.9 Å². The number of amides is 1. The molecule has 5 aromatic rings. The number of hydrogen-bond donors (Lipinski definition) is 1. The maximum Gasteiger partial charge on any atom is 0.272 e. The summed E-state index contributed by atoms with van der Waals surface area (Å²) >= 11 is 0. The molecule has 0 saturated carbocycles. The Morgan fingerprint density at radius 1 is 0.697 bits per heavy atom. The van der Waals surface area contributed by atoms with Crippen molar-refractivity contribution in [2.45, 2.75) is 0 Å². The summed E-state index contributed by atoms with van der Waals surface area (Å²) in [6, 6.07) is 37.5. The molecule has 4 aromatic carbocycles. The first-order valence-electron chi connectivity index (χ1n) is 10.7. The average molecular weight is 428 g/mol. The summed E-state index contributed by atoms with van der Waals surface area (Å²) < 4.78 is 0. The molecule has 0 aliphatic heterocycles. The Bertz CT molecular complexity index is 1430. The van der Waals surface area contributed by atoms with Crippen LogP contribution in [0.3, 0.4) is 0 Å². The lowest BCUT2D eigenvalue weighted by Crippen LogP contribution is -2.18. The van der Waals surface area contributed by atoms with Gasteiger partial charge in [0.1, 0.15) is 0 Å². The van der Waals surface area contributed by atoms with E-state index in [1.165, 1.54) is 0 Å². The van der Waals surface area contributed by atoms with Crippen molar-refractivity contribution in [3.05, 3.63) is 126 Å². The Balaban J connectivity index is 1.37. The van der Waals surface area contributed by atoms with E-state index in [0.29, 0.717) is 5.56 Å². The molecule has 0 radical (unpaired) electrons. The summed E-state index contributed by atoms with van der Waals surface area (Å²) in [6.07, 6.45) is 1.65. The van der Waals surface area contributed by atoms with E-state index in [9.17, 15) is 4.79 Å². The normalized spacial score (nSPS) is 11.0. The molecule has 5 rings (SSSR count). The molecule has 0 atom stereocenters. The number of aromatic nitrogens is 1. The number of fused-ring (bicyclic) bond motifs is 1. The standard InChI is InChI=1S/C29H21N3O/c33-29(32-30-20-21-15-17-23(18-16-21)22-9-3-1-4-10-22)26-19-28(24-11-5-2-6-12-24)31-27-14-8-7-13-25(26)27/h1-20H,(H,32,33). The van der Waals surface area contributed by atoms with Gasteiger partial charge in [-0.15, -0.1) is 0 Å². The van der Waals surface area contributed by atoms with E-state index in [4.69, 9.17) is 4.98 Å². The number of nitrogens with one attached hydrogen (secondary N) is 1. The van der Waals surface area contributed by atoms with Crippen LogP contribution in [0.15, 0.2) is 120 Å². The van der Waals surface area contributed by atoms with Crippen molar-refractivity contribution in [2.75, 3.05) is 0 Å². The number of nitrogens with zero attached hydrogens (tertiary/aromatic N) is 2. The van der Waals surface area contributed by atoms with Gasteiger partial charge in [-0.05, 0) is 28.8 Å². The number of pyridine rings is 1. The zero-order valence-electron chi connectivity index (χ0n) is 17.8. The van der Waals surface area contributed by atoms with E-state index in [1.807, 2.05) is 103 Å². The van der Waals surface area contributed by atoms with Gasteiger partial charge in [-0.3, -0.25) is 4.79 Å². The van der Waals surface area contributed by atoms with Crippen LogP contribution in [0.2, 0.25) is 0 Å². The molecule has 0 aliphatic rings. The lowest BCUT2D eigenvalue weighted by atomic mass is 10.0. The molecule has 1 N–H and O–H groups in total. The summed E-state index contributed by atoms with van der Waals surface area (Å²) in [5.74, 6) is -0.275. The van der Waals surface area contributed by atoms with Crippen LogP contribution < -0.4 is 5.43 Å². The molecule has 4 nitrogen and oxygen atoms in total. The molecule has 0 spiro atoms. The quantitative estimate of drug-likeness (QED) is 0.263. The van der Waals surface area contributed by atoms with Gasteiger partial charge in [-0.25, -0.2) is 10.4 Å². The minimum atomic E-state index is -0.275. The first kappa shape index (κ1) is 20.3. The van der Waals surface area contributed by atoms with E-state index >= 15 is 0 Å². The zero-order valence-corrected chi connectivity index (χ0v) is 17.8. The lowest BCUT2D eigenvalue weighted by molar-refractivity contribution is 0.0956. The van der Waals surface area contributed by atoms with Gasteiger partial charge in [0.25, 0.3) is 5.91 Å². The van der Waals surface area contributed by atoms with Crippen molar-refractivity contribution in [2.24, 2.45) is 5.10 Å². The second kappa shape index (κ2) is 9.28. The highest BCUT2D eigenvalue weighted by Gasteiger charge is 2.13. The molecule has 4 heteroatoms. The molecule has 0 saturated heterocycles. The van der Waals surface area contributed by atoms with Gasteiger partial charge >= 0.3 is 0 Å². The Kier molecular flexibility index (Phi) is 5.72. The van der Waals surface area contributed by atoms with Gasteiger partial charge in [-0.2, -0.15) is 5.10 Å². The third-order valence-electron chi connectivity index (χ3n) is 5.43. The second-order valence-electron chi connectivity index (χ2n) is 7.63. The van der Waals surface area contributed by atoms with Crippen LogP contribution in [-0.2, 0) is 0 Å². The van der Waals surface area contributed by atoms with Crippen molar-refractivity contribution in [3.8, 4) is 22.4 Å². The van der Waals surface area contributed by atoms with Crippen LogP contribution in [0.5, 0.6) is 0 Å². The molecule has 0 bridgehead atoms. The molecular weight excluding hydrogens is 406 g/mol. The maximum absolute atomic E-state index is 13.0. The van der Waals surface area contributed by atoms with Crippen molar-refractivity contribution in [1.29, 1.82) is 0 Å². The first-order chi connectivity index (χ1) is 16.3. The maximum atomic E-state index is 13.0. The predicted molar refractivity (Wildman–Crippen MR) is 134 cm³/mol. The summed E-state index contributed by atoms with van der Waals surface area (Å²) in [4.78, 5) is 17.8. The van der Waals surface area contributed by atoms with Gasteiger partial charge in [0, 0.05) is 10.9 Å². The van der Waals surface area contributed by atoms with Crippen LogP contribution in [0, 0.1) is 0 Å². The number of hydrazone groups is 1. The van der Waals surface area contributed by atoms with Crippen molar-refractivity contribution < 1.29 is 4.79 Å². The highest BCUT2D eigenvalue weighted by Crippen LogP contribution is 2.25. The van der Waals surface area contributed by atoms with E-state index in [0.717, 1.165) is 38.9 Å². The van der Waals surface area contributed by atoms with Gasteiger partial charge in [0.05, 0.1) is 23.0 Å². The second-order valence-corrected chi connectivity index (χ2v) is 7.63. The highest BCUT2D eigenvalue weighted by atomic mass is 16.2. The SMILES string of the molecule is O=C(NN=Cc1ccc(-c2ccccc2)cc1)c1cc(-c2ccccc2)nc2ccccc12. The highest BCUT2D eigenvalue weighted by molar-refractivity contribution is 6.07. The molecule has 0 unspecified atom stereocenters. The third-order valence-corrected chi connectivity index (χ3v) is 5.43. The molecular formula is C29H21N3O. The minimum absolute atomic E-state index is 0.275. The van der Waals surface area contributed by atoms with Gasteiger partial charge in [0.15, 0.2) is 0 Å². The van der Waals surface area contributed by atoms with E-state index < -0.39 is 0 Å². The van der Waals surface area contributed by atoms with E-state index in [-0.39, 0.29) is 5.91 Å². The number of carbonyl (C=O) groups excluding carboxylic acids is 1. The fourth-order valence-corrected chi connectivity index (χ4v) is 3.74. The topological polar surface area (TPSA) is 54.4 Å². The monoisotopic (exact) mass is 427 g/mol. The molecule has 33 heavy (non-hydrogen) atoms. The van der Waals surface area contributed by atoms with Crippen LogP contribution in [-0.4, -0.2) is 17.1 Å². The van der Waals surface area contributed by atoms with E-state index in [2.05, 4.69) is 22.7 Å². The van der Waals surface area contributed by atoms with Crippen molar-refractivity contribution in [3.63, 3.8) is 0 Å². The fraction of sp³-hybridized carbons (Fsp3) is 0. The Morgan fingerprint density at radius 3 is 2.03 bits per heavy atom. The zero-order chi connectivity index (χ0) is 22.5. The number of rotatable bonds is 5. The van der Waals surface area contributed by atoms with Crippen molar-refractivity contribution in [1.82, 2.24) is 10.4 Å². The van der Waals surface area contributed by atoms with Crippen molar-refractivity contribution >= 4 is 23.0 Å². The van der Waals surface area contributed by atoms with E-state index in [1.54, 1.807) is 6.21 Å². The first-order valence-corrected chi connectivity index (χ1v) is 10.7. The Hall–Kier alpha value is -4.57. The number of carbonyl (C=O) groups is 1. The van der Waals surface area contributed by atoms with Crippen LogP contribution in [0.4, 0.5) is 0 Å². The number of hydrogen-bond acceptors (Lipinski definition) is 3. The van der Waals surface area contributed by atoms with Gasteiger partial charge in [0.2, 0.25) is 0 Å². The molecule has 0 aliphatic carbocycles.